The molecule has 8 heteroatoms. The van der Waals surface area contributed by atoms with Gasteiger partial charge < -0.3 is 20.1 Å². The second-order valence-electron chi connectivity index (χ2n) is 7.53. The Bertz CT molecular complexity index is 912. The first-order valence-corrected chi connectivity index (χ1v) is 10.2. The summed E-state index contributed by atoms with van der Waals surface area (Å²) in [4.78, 5) is 24.6. The molecule has 2 aromatic rings. The molecule has 1 unspecified atom stereocenters. The molecule has 6 nitrogen and oxygen atoms in total. The van der Waals surface area contributed by atoms with Crippen LogP contribution in [0.4, 0.5) is 14.5 Å². The van der Waals surface area contributed by atoms with Crippen molar-refractivity contribution in [1.29, 1.82) is 0 Å². The highest BCUT2D eigenvalue weighted by Crippen LogP contribution is 2.35. The maximum atomic E-state index is 12.9. The number of carbonyl (C=O) groups excluding carboxylic acids is 2. The van der Waals surface area contributed by atoms with Gasteiger partial charge in [0.05, 0.1) is 7.11 Å². The van der Waals surface area contributed by atoms with Crippen LogP contribution < -0.4 is 20.1 Å². The molecule has 2 aromatic carbocycles. The van der Waals surface area contributed by atoms with Crippen molar-refractivity contribution in [2.75, 3.05) is 12.4 Å². The number of alkyl halides is 2. The summed E-state index contributed by atoms with van der Waals surface area (Å²) in [7, 11) is 1.53. The maximum absolute atomic E-state index is 12.9. The first-order valence-electron chi connectivity index (χ1n) is 10.2. The Morgan fingerprint density at radius 1 is 1.06 bits per heavy atom. The van der Waals surface area contributed by atoms with Crippen LogP contribution in [-0.4, -0.2) is 31.6 Å². The van der Waals surface area contributed by atoms with Crippen molar-refractivity contribution in [3.05, 3.63) is 42.5 Å². The van der Waals surface area contributed by atoms with Gasteiger partial charge in [0.25, 0.3) is 0 Å². The fourth-order valence-corrected chi connectivity index (χ4v) is 3.93. The third kappa shape index (κ3) is 5.93. The van der Waals surface area contributed by atoms with Crippen LogP contribution in [0.1, 0.15) is 32.6 Å². The van der Waals surface area contributed by atoms with Gasteiger partial charge in [0.15, 0.2) is 0 Å². The van der Waals surface area contributed by atoms with Gasteiger partial charge in [-0.3, -0.25) is 9.59 Å². The molecule has 1 aliphatic carbocycles. The van der Waals surface area contributed by atoms with Gasteiger partial charge in [-0.05, 0) is 54.7 Å². The first-order chi connectivity index (χ1) is 14.9. The van der Waals surface area contributed by atoms with Crippen LogP contribution in [0.25, 0.3) is 11.1 Å². The van der Waals surface area contributed by atoms with Crippen LogP contribution in [-0.2, 0) is 9.59 Å². The van der Waals surface area contributed by atoms with E-state index < -0.39 is 12.7 Å². The predicted molar refractivity (Wildman–Crippen MR) is 113 cm³/mol. The third-order valence-electron chi connectivity index (χ3n) is 5.38. The molecule has 0 heterocycles. The minimum absolute atomic E-state index is 0.00707. The minimum Gasteiger partial charge on any atom is -0.497 e. The molecule has 2 amide bonds. The van der Waals surface area contributed by atoms with Gasteiger partial charge in [0, 0.05) is 18.2 Å². The second-order valence-corrected chi connectivity index (χ2v) is 7.53. The van der Waals surface area contributed by atoms with Crippen molar-refractivity contribution < 1.29 is 27.8 Å². The highest BCUT2D eigenvalue weighted by Gasteiger charge is 2.31. The molecule has 0 aliphatic heterocycles. The molecule has 1 atom stereocenters. The van der Waals surface area contributed by atoms with Crippen LogP contribution in [0, 0.1) is 5.92 Å². The molecule has 0 bridgehead atoms. The Balaban J connectivity index is 1.87. The molecule has 0 aromatic heterocycles. The Hall–Kier alpha value is -3.16. The molecular weight excluding hydrogens is 406 g/mol. The van der Waals surface area contributed by atoms with Crippen LogP contribution >= 0.6 is 0 Å². The van der Waals surface area contributed by atoms with Gasteiger partial charge in [-0.2, -0.15) is 8.78 Å². The van der Waals surface area contributed by atoms with E-state index in [1.54, 1.807) is 30.3 Å². The number of hydrogen-bond acceptors (Lipinski definition) is 4. The number of hydrogen-bond donors (Lipinski definition) is 2. The van der Waals surface area contributed by atoms with E-state index in [-0.39, 0.29) is 23.5 Å². The molecule has 2 N–H and O–H groups in total. The number of ether oxygens (including phenoxy) is 2. The van der Waals surface area contributed by atoms with Crippen molar-refractivity contribution in [2.45, 2.75) is 45.3 Å². The number of carbonyl (C=O) groups is 2. The quantitative estimate of drug-likeness (QED) is 0.639. The minimum atomic E-state index is -2.98. The van der Waals surface area contributed by atoms with Crippen LogP contribution in [0.2, 0.25) is 0 Å². The van der Waals surface area contributed by atoms with Crippen LogP contribution in [0.3, 0.4) is 0 Å². The molecule has 3 rings (SSSR count). The van der Waals surface area contributed by atoms with Crippen molar-refractivity contribution >= 4 is 17.5 Å². The number of rotatable bonds is 8. The lowest BCUT2D eigenvalue weighted by atomic mass is 9.97. The summed E-state index contributed by atoms with van der Waals surface area (Å²) in [5, 5.41) is 5.57. The number of nitrogens with one attached hydrogen (secondary N) is 2. The Morgan fingerprint density at radius 2 is 1.74 bits per heavy atom. The smallest absolute Gasteiger partial charge is 0.387 e. The van der Waals surface area contributed by atoms with E-state index in [0.717, 1.165) is 25.7 Å². The maximum Gasteiger partial charge on any atom is 0.387 e. The number of anilines is 1. The number of halogens is 2. The highest BCUT2D eigenvalue weighted by atomic mass is 19.3. The molecular formula is C23H26F2N2O4. The summed E-state index contributed by atoms with van der Waals surface area (Å²) < 4.78 is 35.6. The molecule has 0 spiro atoms. The number of methoxy groups -OCH3 is 1. The van der Waals surface area contributed by atoms with E-state index >= 15 is 0 Å². The zero-order valence-electron chi connectivity index (χ0n) is 17.5. The predicted octanol–water partition coefficient (Wildman–Crippen LogP) is 4.60. The summed E-state index contributed by atoms with van der Waals surface area (Å²) in [5.41, 5.74) is 1.45. The van der Waals surface area contributed by atoms with Gasteiger partial charge in [-0.15, -0.1) is 0 Å². The van der Waals surface area contributed by atoms with E-state index in [9.17, 15) is 18.4 Å². The number of amides is 2. The van der Waals surface area contributed by atoms with Gasteiger partial charge in [0.2, 0.25) is 11.8 Å². The lowest BCUT2D eigenvalue weighted by Gasteiger charge is -2.23. The van der Waals surface area contributed by atoms with Gasteiger partial charge in [0.1, 0.15) is 17.5 Å². The highest BCUT2D eigenvalue weighted by molar-refractivity contribution is 5.98. The van der Waals surface area contributed by atoms with E-state index in [0.29, 0.717) is 22.6 Å². The molecule has 1 saturated carbocycles. The fraction of sp³-hybridized carbons (Fsp3) is 0.391. The van der Waals surface area contributed by atoms with E-state index in [1.807, 2.05) is 0 Å². The van der Waals surface area contributed by atoms with E-state index in [2.05, 4.69) is 15.4 Å². The Labute approximate surface area is 179 Å². The normalized spacial score (nSPS) is 14.9. The molecule has 1 fully saturated rings. The average Bonchev–Trinajstić information content (AvgIpc) is 3.27. The largest absolute Gasteiger partial charge is 0.497 e. The summed E-state index contributed by atoms with van der Waals surface area (Å²) >= 11 is 0. The summed E-state index contributed by atoms with van der Waals surface area (Å²) in [6.45, 7) is -1.60. The SMILES string of the molecule is COc1ccc(-c2cc(NC(=O)C(NC(C)=O)C3CCCC3)ccc2OC(F)F)cc1. The zero-order valence-corrected chi connectivity index (χ0v) is 17.5. The van der Waals surface area contributed by atoms with Crippen LogP contribution in [0.5, 0.6) is 11.5 Å². The second kappa shape index (κ2) is 10.2. The van der Waals surface area contributed by atoms with Crippen molar-refractivity contribution in [3.63, 3.8) is 0 Å². The zero-order chi connectivity index (χ0) is 22.4. The van der Waals surface area contributed by atoms with Gasteiger partial charge in [-0.25, -0.2) is 0 Å². The standard InChI is InChI=1S/C23H26F2N2O4/c1-14(28)26-21(16-5-3-4-6-16)22(29)27-17-9-12-20(31-23(24)25)19(13-17)15-7-10-18(30-2)11-8-15/h7-13,16,21,23H,3-6H2,1-2H3,(H,26,28)(H,27,29). The van der Waals surface area contributed by atoms with Gasteiger partial charge in [-0.1, -0.05) is 25.0 Å². The molecule has 31 heavy (non-hydrogen) atoms. The van der Waals surface area contributed by atoms with Crippen LogP contribution in [0.15, 0.2) is 42.5 Å². The Morgan fingerprint density at radius 3 is 2.32 bits per heavy atom. The third-order valence-corrected chi connectivity index (χ3v) is 5.38. The molecule has 166 valence electrons. The molecule has 0 saturated heterocycles. The topological polar surface area (TPSA) is 76.7 Å². The summed E-state index contributed by atoms with van der Waals surface area (Å²) in [5.74, 6) is 0.0926. The summed E-state index contributed by atoms with van der Waals surface area (Å²) in [6.07, 6.45) is 3.79. The van der Waals surface area contributed by atoms with Crippen molar-refractivity contribution in [1.82, 2.24) is 5.32 Å². The molecule has 1 aliphatic rings. The first kappa shape index (κ1) is 22.5. The lowest BCUT2D eigenvalue weighted by molar-refractivity contribution is -0.126. The summed E-state index contributed by atoms with van der Waals surface area (Å²) in [6, 6.07) is 10.7. The lowest BCUT2D eigenvalue weighted by Crippen LogP contribution is -2.47. The van der Waals surface area contributed by atoms with Crippen molar-refractivity contribution in [2.24, 2.45) is 5.92 Å². The van der Waals surface area contributed by atoms with E-state index in [4.69, 9.17) is 4.74 Å². The van der Waals surface area contributed by atoms with Crippen molar-refractivity contribution in [3.8, 4) is 22.6 Å². The molecule has 0 radical (unpaired) electrons. The fourth-order valence-electron chi connectivity index (χ4n) is 3.93. The van der Waals surface area contributed by atoms with Gasteiger partial charge >= 0.3 is 6.61 Å². The van der Waals surface area contributed by atoms with E-state index in [1.165, 1.54) is 26.2 Å². The number of benzene rings is 2. The Kier molecular flexibility index (Phi) is 7.44. The monoisotopic (exact) mass is 432 g/mol. The average molecular weight is 432 g/mol.